The Morgan fingerprint density at radius 3 is 2.38 bits per heavy atom. The van der Waals surface area contributed by atoms with Crippen LogP contribution in [0.2, 0.25) is 0 Å². The first-order chi connectivity index (χ1) is 7.86. The van der Waals surface area contributed by atoms with Crippen molar-refractivity contribution >= 4 is 11.9 Å². The summed E-state index contributed by atoms with van der Waals surface area (Å²) in [5, 5.41) is 15.2. The summed E-state index contributed by atoms with van der Waals surface area (Å²) in [4.78, 5) is 0. The fourth-order valence-electron chi connectivity index (χ4n) is 1.24. The quantitative estimate of drug-likeness (QED) is 0.567. The summed E-state index contributed by atoms with van der Waals surface area (Å²) in [6.07, 6.45) is 1.47. The molecule has 0 aliphatic rings. The van der Waals surface area contributed by atoms with Crippen LogP contribution in [0.4, 0.5) is 5.69 Å². The average Bonchev–Trinajstić information content (AvgIpc) is 2.33. The minimum Gasteiger partial charge on any atom is -0.872 e. The molecule has 0 bridgehead atoms. The monoisotopic (exact) mass is 210 g/mol. The highest BCUT2D eigenvalue weighted by molar-refractivity contribution is 5.83. The Hall–Kier alpha value is -2.29. The van der Waals surface area contributed by atoms with Crippen molar-refractivity contribution in [1.29, 1.82) is 0 Å². The first-order valence-corrected chi connectivity index (χ1v) is 4.91. The predicted molar refractivity (Wildman–Crippen MR) is 62.9 cm³/mol. The minimum absolute atomic E-state index is 0.0467. The molecule has 0 unspecified atom stereocenters. The van der Waals surface area contributed by atoms with E-state index in [-0.39, 0.29) is 5.75 Å². The SMILES string of the molecule is [O-]c1ccccc1C=N[N-]c1ccccc1. The standard InChI is InChI=1S/C13H11N2O/c16-13-9-5-4-6-11(13)10-14-15-12-7-2-1-3-8-12/h1-10H,(H,14,16)/q-1/p-1. The third-order valence-electron chi connectivity index (χ3n) is 2.05. The highest BCUT2D eigenvalue weighted by Gasteiger charge is 1.84. The number of para-hydroxylation sites is 1. The summed E-state index contributed by atoms with van der Waals surface area (Å²) < 4.78 is 0. The number of hydrogen-bond donors (Lipinski definition) is 0. The molecule has 80 valence electrons. The normalized spacial score (nSPS) is 10.5. The number of hydrogen-bond acceptors (Lipinski definition) is 2. The van der Waals surface area contributed by atoms with Gasteiger partial charge >= 0.3 is 0 Å². The molecule has 0 amide bonds. The van der Waals surface area contributed by atoms with Gasteiger partial charge in [-0.25, -0.2) is 0 Å². The number of nitrogens with zero attached hydrogens (tertiary/aromatic N) is 2. The zero-order chi connectivity index (χ0) is 11.2. The van der Waals surface area contributed by atoms with Crippen LogP contribution in [-0.4, -0.2) is 6.21 Å². The van der Waals surface area contributed by atoms with E-state index < -0.39 is 0 Å². The topological polar surface area (TPSA) is 49.5 Å². The van der Waals surface area contributed by atoms with Crippen LogP contribution in [-0.2, 0) is 0 Å². The smallest absolute Gasteiger partial charge is 0.0104 e. The van der Waals surface area contributed by atoms with Crippen molar-refractivity contribution < 1.29 is 5.11 Å². The second kappa shape index (κ2) is 4.98. The van der Waals surface area contributed by atoms with Gasteiger partial charge in [0, 0.05) is 6.21 Å². The van der Waals surface area contributed by atoms with E-state index in [1.807, 2.05) is 30.3 Å². The van der Waals surface area contributed by atoms with Crippen LogP contribution in [0.5, 0.6) is 5.75 Å². The van der Waals surface area contributed by atoms with E-state index in [9.17, 15) is 5.11 Å². The number of rotatable bonds is 3. The Kier molecular flexibility index (Phi) is 3.18. The van der Waals surface area contributed by atoms with Gasteiger partial charge in [0.2, 0.25) is 0 Å². The van der Waals surface area contributed by atoms with Gasteiger partial charge in [-0.2, -0.15) is 0 Å². The molecular weight excluding hydrogens is 200 g/mol. The van der Waals surface area contributed by atoms with Crippen molar-refractivity contribution in [2.45, 2.75) is 0 Å². The van der Waals surface area contributed by atoms with Crippen molar-refractivity contribution in [2.24, 2.45) is 5.10 Å². The molecule has 2 rings (SSSR count). The maximum atomic E-state index is 11.3. The first kappa shape index (κ1) is 10.2. The van der Waals surface area contributed by atoms with Gasteiger partial charge in [-0.15, -0.1) is 11.4 Å². The van der Waals surface area contributed by atoms with Crippen LogP contribution in [0.25, 0.3) is 5.43 Å². The Morgan fingerprint density at radius 1 is 0.938 bits per heavy atom. The zero-order valence-corrected chi connectivity index (χ0v) is 8.58. The van der Waals surface area contributed by atoms with Gasteiger partial charge < -0.3 is 15.6 Å². The van der Waals surface area contributed by atoms with Crippen LogP contribution < -0.4 is 5.11 Å². The molecule has 0 saturated heterocycles. The molecule has 16 heavy (non-hydrogen) atoms. The molecule has 2 aromatic rings. The molecule has 0 aliphatic carbocycles. The van der Waals surface area contributed by atoms with Crippen LogP contribution in [0.1, 0.15) is 5.56 Å². The third-order valence-corrected chi connectivity index (χ3v) is 2.05. The van der Waals surface area contributed by atoms with Gasteiger partial charge in [-0.1, -0.05) is 54.6 Å². The Morgan fingerprint density at radius 2 is 1.62 bits per heavy atom. The van der Waals surface area contributed by atoms with Gasteiger partial charge in [0.05, 0.1) is 0 Å². The summed E-state index contributed by atoms with van der Waals surface area (Å²) >= 11 is 0. The van der Waals surface area contributed by atoms with E-state index in [1.54, 1.807) is 18.2 Å². The fraction of sp³-hybridized carbons (Fsp3) is 0. The van der Waals surface area contributed by atoms with Crippen molar-refractivity contribution in [3.05, 3.63) is 65.6 Å². The first-order valence-electron chi connectivity index (χ1n) is 4.91. The number of benzene rings is 2. The molecule has 0 atom stereocenters. The lowest BCUT2D eigenvalue weighted by atomic mass is 10.2. The third kappa shape index (κ3) is 2.60. The molecule has 0 aromatic heterocycles. The molecule has 0 aliphatic heterocycles. The fourth-order valence-corrected chi connectivity index (χ4v) is 1.24. The lowest BCUT2D eigenvalue weighted by Crippen LogP contribution is -1.94. The van der Waals surface area contributed by atoms with Crippen LogP contribution >= 0.6 is 0 Å². The Labute approximate surface area is 94.1 Å². The van der Waals surface area contributed by atoms with Gasteiger partial charge in [-0.3, -0.25) is 0 Å². The largest absolute Gasteiger partial charge is 0.872 e. The molecule has 0 fully saturated rings. The van der Waals surface area contributed by atoms with Crippen molar-refractivity contribution in [2.75, 3.05) is 0 Å². The van der Waals surface area contributed by atoms with E-state index in [1.165, 1.54) is 12.3 Å². The second-order valence-corrected chi connectivity index (χ2v) is 3.22. The zero-order valence-electron chi connectivity index (χ0n) is 8.58. The Balaban J connectivity index is 2.03. The highest BCUT2D eigenvalue weighted by atomic mass is 16.3. The van der Waals surface area contributed by atoms with E-state index in [2.05, 4.69) is 10.5 Å². The lowest BCUT2D eigenvalue weighted by Gasteiger charge is -2.15. The van der Waals surface area contributed by atoms with Crippen molar-refractivity contribution in [1.82, 2.24) is 0 Å². The van der Waals surface area contributed by atoms with Crippen molar-refractivity contribution in [3.8, 4) is 5.75 Å². The van der Waals surface area contributed by atoms with Crippen LogP contribution in [0.15, 0.2) is 59.7 Å². The lowest BCUT2D eigenvalue weighted by molar-refractivity contribution is -0.268. The second-order valence-electron chi connectivity index (χ2n) is 3.22. The van der Waals surface area contributed by atoms with E-state index in [0.717, 1.165) is 5.69 Å². The maximum Gasteiger partial charge on any atom is 0.0104 e. The van der Waals surface area contributed by atoms with Crippen LogP contribution in [0.3, 0.4) is 0 Å². The molecule has 0 spiro atoms. The summed E-state index contributed by atoms with van der Waals surface area (Å²) in [6, 6.07) is 16.1. The average molecular weight is 210 g/mol. The molecule has 0 heterocycles. The van der Waals surface area contributed by atoms with E-state index in [0.29, 0.717) is 5.56 Å². The molecule has 0 radical (unpaired) electrons. The summed E-state index contributed by atoms with van der Waals surface area (Å²) in [5.41, 5.74) is 5.28. The van der Waals surface area contributed by atoms with Gasteiger partial charge in [0.1, 0.15) is 0 Å². The summed E-state index contributed by atoms with van der Waals surface area (Å²) in [7, 11) is 0. The van der Waals surface area contributed by atoms with Crippen LogP contribution in [0, 0.1) is 0 Å². The summed E-state index contributed by atoms with van der Waals surface area (Å²) in [6.45, 7) is 0. The van der Waals surface area contributed by atoms with E-state index >= 15 is 0 Å². The molecule has 3 heteroatoms. The van der Waals surface area contributed by atoms with Crippen molar-refractivity contribution in [3.63, 3.8) is 0 Å². The van der Waals surface area contributed by atoms with E-state index in [4.69, 9.17) is 0 Å². The highest BCUT2D eigenvalue weighted by Crippen LogP contribution is 2.17. The van der Waals surface area contributed by atoms with Gasteiger partial charge in [0.15, 0.2) is 0 Å². The summed E-state index contributed by atoms with van der Waals surface area (Å²) in [5.74, 6) is -0.0467. The molecular formula is C13H10N2O-2. The molecule has 2 aromatic carbocycles. The molecule has 0 N–H and O–H groups in total. The Bertz CT molecular complexity index is 480. The molecule has 3 nitrogen and oxygen atoms in total. The minimum atomic E-state index is -0.0467. The molecule has 0 saturated carbocycles. The predicted octanol–water partition coefficient (Wildman–Crippen LogP) is 2.80. The van der Waals surface area contributed by atoms with Gasteiger partial charge in [0.25, 0.3) is 0 Å². The maximum absolute atomic E-state index is 11.3. The van der Waals surface area contributed by atoms with Gasteiger partial charge in [-0.05, 0) is 5.56 Å².